The molecule has 1 saturated heterocycles. The van der Waals surface area contributed by atoms with E-state index in [9.17, 15) is 27.2 Å². The first-order valence-electron chi connectivity index (χ1n) is 8.95. The fraction of sp³-hybridized carbons (Fsp3) is 0.300. The van der Waals surface area contributed by atoms with Crippen molar-refractivity contribution in [1.29, 1.82) is 0 Å². The maximum absolute atomic E-state index is 13.0. The summed E-state index contributed by atoms with van der Waals surface area (Å²) in [6.45, 7) is -1.59. The number of thioether (sulfide) groups is 1. The number of halogens is 4. The van der Waals surface area contributed by atoms with E-state index < -0.39 is 29.8 Å². The molecule has 0 radical (unpaired) electrons. The van der Waals surface area contributed by atoms with E-state index in [0.717, 1.165) is 4.90 Å². The number of methoxy groups -OCH3 is 1. The summed E-state index contributed by atoms with van der Waals surface area (Å²) in [6, 6.07) is 9.18. The first-order valence-corrected chi connectivity index (χ1v) is 9.83. The van der Waals surface area contributed by atoms with Crippen LogP contribution in [-0.4, -0.2) is 36.3 Å². The van der Waals surface area contributed by atoms with Gasteiger partial charge in [-0.2, -0.15) is 17.6 Å². The van der Waals surface area contributed by atoms with Crippen molar-refractivity contribution in [2.24, 2.45) is 0 Å². The average Bonchev–Trinajstić information content (AvgIpc) is 2.92. The average molecular weight is 458 g/mol. The molecule has 1 aliphatic rings. The molecule has 1 aliphatic heterocycles. The van der Waals surface area contributed by atoms with Crippen LogP contribution in [-0.2, 0) is 16.9 Å². The Morgan fingerprint density at radius 3 is 2.35 bits per heavy atom. The lowest BCUT2D eigenvalue weighted by atomic mass is 9.92. The van der Waals surface area contributed by atoms with E-state index in [1.54, 1.807) is 0 Å². The maximum Gasteiger partial charge on any atom is 0.387 e. The molecule has 3 amide bonds. The highest BCUT2D eigenvalue weighted by Gasteiger charge is 2.48. The molecule has 3 rings (SSSR count). The van der Waals surface area contributed by atoms with Crippen molar-refractivity contribution in [3.8, 4) is 11.5 Å². The van der Waals surface area contributed by atoms with Crippen LogP contribution in [0.4, 0.5) is 22.4 Å². The number of benzene rings is 2. The Morgan fingerprint density at radius 2 is 1.77 bits per heavy atom. The van der Waals surface area contributed by atoms with Crippen molar-refractivity contribution < 1.29 is 36.6 Å². The number of imide groups is 1. The van der Waals surface area contributed by atoms with E-state index >= 15 is 0 Å². The third kappa shape index (κ3) is 4.87. The minimum absolute atomic E-state index is 0.0789. The quantitative estimate of drug-likeness (QED) is 0.356. The standard InChI is InChI=1S/C20H18F4N2O4S/c1-20(12-4-6-13(7-5-12)30-17(21)22)16(27)26(19(28)25-20)10-11-3-8-15(31-18(23)24)14(9-11)29-2/h3-9,17-18H,10H2,1-2H3,(H,25,28). The monoisotopic (exact) mass is 458 g/mol. The molecule has 2 aromatic carbocycles. The highest BCUT2D eigenvalue weighted by Crippen LogP contribution is 2.35. The number of nitrogens with zero attached hydrogens (tertiary/aromatic N) is 1. The van der Waals surface area contributed by atoms with E-state index in [2.05, 4.69) is 10.1 Å². The van der Waals surface area contributed by atoms with Crippen LogP contribution in [0, 0.1) is 0 Å². The highest BCUT2D eigenvalue weighted by atomic mass is 32.2. The summed E-state index contributed by atoms with van der Waals surface area (Å²) in [5.74, 6) is -3.05. The molecule has 11 heteroatoms. The minimum Gasteiger partial charge on any atom is -0.496 e. The number of nitrogens with one attached hydrogen (secondary N) is 1. The lowest BCUT2D eigenvalue weighted by Crippen LogP contribution is -2.40. The fourth-order valence-corrected chi connectivity index (χ4v) is 3.79. The molecule has 2 aromatic rings. The zero-order valence-corrected chi connectivity index (χ0v) is 17.2. The Labute approximate surface area is 179 Å². The number of carbonyl (C=O) groups is 2. The molecular weight excluding hydrogens is 440 g/mol. The Bertz CT molecular complexity index is 974. The second-order valence-electron chi connectivity index (χ2n) is 6.71. The van der Waals surface area contributed by atoms with Crippen LogP contribution in [0.3, 0.4) is 0 Å². The predicted molar refractivity (Wildman–Crippen MR) is 104 cm³/mol. The number of amides is 3. The third-order valence-electron chi connectivity index (χ3n) is 4.72. The summed E-state index contributed by atoms with van der Waals surface area (Å²) in [5.41, 5.74) is -0.518. The van der Waals surface area contributed by atoms with Crippen molar-refractivity contribution in [2.45, 2.75) is 36.3 Å². The zero-order valence-electron chi connectivity index (χ0n) is 16.4. The van der Waals surface area contributed by atoms with Gasteiger partial charge in [-0.25, -0.2) is 4.79 Å². The topological polar surface area (TPSA) is 67.9 Å². The summed E-state index contributed by atoms with van der Waals surface area (Å²) in [7, 11) is 1.33. The van der Waals surface area contributed by atoms with E-state index in [-0.39, 0.29) is 22.9 Å². The van der Waals surface area contributed by atoms with Gasteiger partial charge in [0.2, 0.25) is 0 Å². The van der Waals surface area contributed by atoms with Gasteiger partial charge in [-0.1, -0.05) is 30.0 Å². The van der Waals surface area contributed by atoms with Crippen LogP contribution < -0.4 is 14.8 Å². The highest BCUT2D eigenvalue weighted by molar-refractivity contribution is 7.99. The van der Waals surface area contributed by atoms with Gasteiger partial charge in [0.15, 0.2) is 0 Å². The van der Waals surface area contributed by atoms with Crippen LogP contribution in [0.1, 0.15) is 18.1 Å². The van der Waals surface area contributed by atoms with Crippen molar-refractivity contribution >= 4 is 23.7 Å². The number of hydrogen-bond donors (Lipinski definition) is 1. The Hall–Kier alpha value is -2.95. The SMILES string of the molecule is COc1cc(CN2C(=O)NC(C)(c3ccc(OC(F)F)cc3)C2=O)ccc1SC(F)F. The second-order valence-corrected chi connectivity index (χ2v) is 7.74. The number of alkyl halides is 4. The smallest absolute Gasteiger partial charge is 0.387 e. The molecule has 1 atom stereocenters. The third-order valence-corrected chi connectivity index (χ3v) is 5.49. The molecule has 6 nitrogen and oxygen atoms in total. The molecule has 1 fully saturated rings. The van der Waals surface area contributed by atoms with E-state index in [0.29, 0.717) is 22.9 Å². The van der Waals surface area contributed by atoms with Gasteiger partial charge < -0.3 is 14.8 Å². The summed E-state index contributed by atoms with van der Waals surface area (Å²) >= 11 is 0.329. The molecule has 0 aromatic heterocycles. The number of rotatable bonds is 8. The minimum atomic E-state index is -2.98. The molecule has 0 saturated carbocycles. The second kappa shape index (κ2) is 9.04. The number of hydrogen-bond acceptors (Lipinski definition) is 5. The van der Waals surface area contributed by atoms with Gasteiger partial charge in [-0.05, 0) is 42.3 Å². The van der Waals surface area contributed by atoms with Gasteiger partial charge in [0.05, 0.1) is 18.6 Å². The fourth-order valence-electron chi connectivity index (χ4n) is 3.19. The molecule has 166 valence electrons. The summed E-state index contributed by atoms with van der Waals surface area (Å²) < 4.78 is 59.4. The van der Waals surface area contributed by atoms with Crippen LogP contribution in [0.5, 0.6) is 11.5 Å². The molecule has 0 bridgehead atoms. The lowest BCUT2D eigenvalue weighted by molar-refractivity contribution is -0.131. The molecule has 1 unspecified atom stereocenters. The van der Waals surface area contributed by atoms with Crippen molar-refractivity contribution in [3.63, 3.8) is 0 Å². The summed E-state index contributed by atoms with van der Waals surface area (Å²) in [6.07, 6.45) is 0. The van der Waals surface area contributed by atoms with Crippen molar-refractivity contribution in [1.82, 2.24) is 10.2 Å². The van der Waals surface area contributed by atoms with Gasteiger partial charge in [0, 0.05) is 0 Å². The van der Waals surface area contributed by atoms with Crippen molar-refractivity contribution in [3.05, 3.63) is 53.6 Å². The van der Waals surface area contributed by atoms with Crippen LogP contribution in [0.15, 0.2) is 47.4 Å². The van der Waals surface area contributed by atoms with E-state index in [4.69, 9.17) is 4.74 Å². The van der Waals surface area contributed by atoms with Gasteiger partial charge >= 0.3 is 12.6 Å². The molecular formula is C20H18F4N2O4S. The largest absolute Gasteiger partial charge is 0.496 e. The number of ether oxygens (including phenoxy) is 2. The Morgan fingerprint density at radius 1 is 1.10 bits per heavy atom. The Balaban J connectivity index is 1.80. The lowest BCUT2D eigenvalue weighted by Gasteiger charge is -2.22. The Kier molecular flexibility index (Phi) is 6.63. The molecule has 0 aliphatic carbocycles. The summed E-state index contributed by atoms with van der Waals surface area (Å²) in [5, 5.41) is 2.61. The van der Waals surface area contributed by atoms with E-state index in [1.165, 1.54) is 56.5 Å². The number of carbonyl (C=O) groups excluding carboxylic acids is 2. The zero-order chi connectivity index (χ0) is 22.8. The van der Waals surface area contributed by atoms with Gasteiger partial charge in [-0.3, -0.25) is 9.69 Å². The predicted octanol–water partition coefficient (Wildman–Crippen LogP) is 4.58. The van der Waals surface area contributed by atoms with Gasteiger partial charge in [-0.15, -0.1) is 0 Å². The normalized spacial score (nSPS) is 18.6. The summed E-state index contributed by atoms with van der Waals surface area (Å²) in [4.78, 5) is 26.7. The first kappa shape index (κ1) is 22.7. The van der Waals surface area contributed by atoms with Crippen LogP contribution in [0.2, 0.25) is 0 Å². The van der Waals surface area contributed by atoms with E-state index in [1.807, 2.05) is 0 Å². The first-order chi connectivity index (χ1) is 14.6. The molecule has 1 N–H and O–H groups in total. The molecule has 1 heterocycles. The van der Waals surface area contributed by atoms with Crippen molar-refractivity contribution in [2.75, 3.05) is 7.11 Å². The van der Waals surface area contributed by atoms with Crippen LogP contribution >= 0.6 is 11.8 Å². The van der Waals surface area contributed by atoms with Crippen LogP contribution in [0.25, 0.3) is 0 Å². The van der Waals surface area contributed by atoms with Gasteiger partial charge in [0.1, 0.15) is 17.0 Å². The number of urea groups is 1. The van der Waals surface area contributed by atoms with Gasteiger partial charge in [0.25, 0.3) is 11.7 Å². The maximum atomic E-state index is 13.0. The molecule has 0 spiro atoms. The molecule has 31 heavy (non-hydrogen) atoms.